The van der Waals surface area contributed by atoms with Crippen molar-refractivity contribution in [3.63, 3.8) is 0 Å². The summed E-state index contributed by atoms with van der Waals surface area (Å²) in [5.41, 5.74) is 0.249. The van der Waals surface area contributed by atoms with Crippen molar-refractivity contribution in [2.75, 3.05) is 33.9 Å². The molecule has 1 aromatic carbocycles. The Labute approximate surface area is 158 Å². The number of amides is 2. The Balaban J connectivity index is 1.56. The van der Waals surface area contributed by atoms with Gasteiger partial charge in [0.1, 0.15) is 11.4 Å². The van der Waals surface area contributed by atoms with E-state index in [2.05, 4.69) is 0 Å². The lowest BCUT2D eigenvalue weighted by molar-refractivity contribution is -0.142. The highest BCUT2D eigenvalue weighted by molar-refractivity contribution is 5.93. The molecular formula is C20H24N2O5. The first-order chi connectivity index (χ1) is 13.0. The Hall–Kier alpha value is -2.38. The number of aliphatic hydroxyl groups is 1. The first-order valence-corrected chi connectivity index (χ1v) is 9.14. The first kappa shape index (κ1) is 18.0. The lowest BCUT2D eigenvalue weighted by Crippen LogP contribution is -2.45. The minimum atomic E-state index is -0.721. The summed E-state index contributed by atoms with van der Waals surface area (Å²) < 4.78 is 11.4. The van der Waals surface area contributed by atoms with Gasteiger partial charge in [0, 0.05) is 20.1 Å². The monoisotopic (exact) mass is 372 g/mol. The molecule has 3 heterocycles. The van der Waals surface area contributed by atoms with E-state index in [9.17, 15) is 9.59 Å². The van der Waals surface area contributed by atoms with E-state index in [0.29, 0.717) is 13.1 Å². The third-order valence-electron chi connectivity index (χ3n) is 5.78. The van der Waals surface area contributed by atoms with Gasteiger partial charge in [-0.05, 0) is 17.7 Å². The molecule has 1 N–H and O–H groups in total. The van der Waals surface area contributed by atoms with E-state index >= 15 is 0 Å². The molecule has 4 rings (SSSR count). The maximum absolute atomic E-state index is 13.2. The van der Waals surface area contributed by atoms with E-state index < -0.39 is 17.4 Å². The number of benzene rings is 1. The van der Waals surface area contributed by atoms with Crippen molar-refractivity contribution in [3.8, 4) is 5.75 Å². The second-order valence-electron chi connectivity index (χ2n) is 7.43. The molecule has 2 saturated heterocycles. The van der Waals surface area contributed by atoms with Crippen molar-refractivity contribution < 1.29 is 24.2 Å². The standard InChI is InChI=1S/C20H24N2O5/c1-21(8-9-23)18(24)16-15-6-7-20(27-15)12-22(19(25)17(16)20)11-13-4-3-5-14(10-13)26-2/h3-7,10,15-17,23H,8-9,11-12H2,1-2H3/t15-,16-,17+,20-/m0/s1. The van der Waals surface area contributed by atoms with Crippen LogP contribution in [0.5, 0.6) is 5.75 Å². The summed E-state index contributed by atoms with van der Waals surface area (Å²) in [7, 11) is 3.26. The Kier molecular flexibility index (Phi) is 4.44. The second-order valence-corrected chi connectivity index (χ2v) is 7.43. The van der Waals surface area contributed by atoms with Crippen molar-refractivity contribution in [2.45, 2.75) is 18.2 Å². The number of likely N-dealkylation sites (tertiary alicyclic amines) is 1. The molecule has 1 aromatic rings. The normalized spacial score (nSPS) is 30.7. The Morgan fingerprint density at radius 2 is 2.30 bits per heavy atom. The van der Waals surface area contributed by atoms with Crippen LogP contribution >= 0.6 is 0 Å². The number of aliphatic hydroxyl groups excluding tert-OH is 1. The zero-order valence-corrected chi connectivity index (χ0v) is 15.5. The van der Waals surface area contributed by atoms with E-state index in [0.717, 1.165) is 11.3 Å². The van der Waals surface area contributed by atoms with Crippen LogP contribution in [-0.4, -0.2) is 72.3 Å². The zero-order chi connectivity index (χ0) is 19.2. The predicted molar refractivity (Wildman–Crippen MR) is 96.9 cm³/mol. The summed E-state index contributed by atoms with van der Waals surface area (Å²) >= 11 is 0. The Morgan fingerprint density at radius 3 is 3.04 bits per heavy atom. The molecular weight excluding hydrogens is 348 g/mol. The van der Waals surface area contributed by atoms with Crippen LogP contribution in [0.1, 0.15) is 5.56 Å². The molecule has 0 aliphatic carbocycles. The Bertz CT molecular complexity index is 794. The van der Waals surface area contributed by atoms with Crippen LogP contribution in [0.25, 0.3) is 0 Å². The SMILES string of the molecule is COc1cccc(CN2C[C@]34C=C[C@H](O3)[C@H](C(=O)N(C)CCO)[C@@H]4C2=O)c1. The third kappa shape index (κ3) is 2.82. The van der Waals surface area contributed by atoms with Crippen molar-refractivity contribution in [1.29, 1.82) is 0 Å². The minimum Gasteiger partial charge on any atom is -0.497 e. The van der Waals surface area contributed by atoms with Crippen molar-refractivity contribution in [1.82, 2.24) is 9.80 Å². The van der Waals surface area contributed by atoms with E-state index in [1.165, 1.54) is 4.90 Å². The minimum absolute atomic E-state index is 0.0552. The molecule has 3 aliphatic rings. The average Bonchev–Trinajstić information content (AvgIpc) is 3.30. The van der Waals surface area contributed by atoms with Gasteiger partial charge in [0.15, 0.2) is 0 Å². The largest absolute Gasteiger partial charge is 0.497 e. The van der Waals surface area contributed by atoms with Crippen LogP contribution < -0.4 is 4.74 Å². The van der Waals surface area contributed by atoms with Crippen LogP contribution in [-0.2, 0) is 20.9 Å². The van der Waals surface area contributed by atoms with Crippen LogP contribution in [0.2, 0.25) is 0 Å². The third-order valence-corrected chi connectivity index (χ3v) is 5.78. The summed E-state index contributed by atoms with van der Waals surface area (Å²) in [6.07, 6.45) is 3.47. The molecule has 3 aliphatic heterocycles. The molecule has 7 nitrogen and oxygen atoms in total. The van der Waals surface area contributed by atoms with Gasteiger partial charge in [-0.15, -0.1) is 0 Å². The first-order valence-electron chi connectivity index (χ1n) is 9.14. The van der Waals surface area contributed by atoms with Gasteiger partial charge in [-0.3, -0.25) is 9.59 Å². The van der Waals surface area contributed by atoms with E-state index in [1.54, 1.807) is 19.1 Å². The number of carbonyl (C=O) groups excluding carboxylic acids is 2. The van der Waals surface area contributed by atoms with E-state index in [-0.39, 0.29) is 31.1 Å². The molecule has 0 aromatic heterocycles. The smallest absolute Gasteiger partial charge is 0.230 e. The van der Waals surface area contributed by atoms with Gasteiger partial charge in [-0.25, -0.2) is 0 Å². The second kappa shape index (κ2) is 6.65. The molecule has 0 saturated carbocycles. The molecule has 1 spiro atoms. The predicted octanol–water partition coefficient (Wildman–Crippen LogP) is 0.428. The molecule has 144 valence electrons. The molecule has 2 amide bonds. The number of carbonyl (C=O) groups is 2. The number of methoxy groups -OCH3 is 1. The molecule has 2 fully saturated rings. The van der Waals surface area contributed by atoms with Gasteiger partial charge in [0.05, 0.1) is 38.2 Å². The lowest BCUT2D eigenvalue weighted by atomic mass is 9.76. The van der Waals surface area contributed by atoms with Gasteiger partial charge in [-0.1, -0.05) is 24.3 Å². The summed E-state index contributed by atoms with van der Waals surface area (Å²) in [6, 6.07) is 7.62. The maximum Gasteiger partial charge on any atom is 0.230 e. The number of nitrogens with zero attached hydrogens (tertiary/aromatic N) is 2. The quantitative estimate of drug-likeness (QED) is 0.733. The number of hydrogen-bond acceptors (Lipinski definition) is 5. The van der Waals surface area contributed by atoms with E-state index in [4.69, 9.17) is 14.6 Å². The molecule has 7 heteroatoms. The molecule has 4 atom stereocenters. The lowest BCUT2D eigenvalue weighted by Gasteiger charge is -2.27. The number of rotatable bonds is 6. The van der Waals surface area contributed by atoms with Gasteiger partial charge in [-0.2, -0.15) is 0 Å². The fourth-order valence-corrected chi connectivity index (χ4v) is 4.50. The highest BCUT2D eigenvalue weighted by atomic mass is 16.5. The van der Waals surface area contributed by atoms with Crippen LogP contribution in [0.4, 0.5) is 0 Å². The zero-order valence-electron chi connectivity index (χ0n) is 15.5. The summed E-state index contributed by atoms with van der Waals surface area (Å²) in [5, 5.41) is 9.12. The van der Waals surface area contributed by atoms with Crippen molar-refractivity contribution >= 4 is 11.8 Å². The number of hydrogen-bond donors (Lipinski definition) is 1. The number of fused-ring (bicyclic) bond motifs is 1. The van der Waals surface area contributed by atoms with E-state index in [1.807, 2.05) is 36.4 Å². The van der Waals surface area contributed by atoms with Gasteiger partial charge in [0.25, 0.3) is 0 Å². The summed E-state index contributed by atoms with van der Waals surface area (Å²) in [4.78, 5) is 29.3. The molecule has 27 heavy (non-hydrogen) atoms. The fourth-order valence-electron chi connectivity index (χ4n) is 4.50. The fraction of sp³-hybridized carbons (Fsp3) is 0.500. The van der Waals surface area contributed by atoms with Crippen molar-refractivity contribution in [2.24, 2.45) is 11.8 Å². The van der Waals surface area contributed by atoms with Crippen LogP contribution in [0.15, 0.2) is 36.4 Å². The molecule has 0 unspecified atom stereocenters. The number of likely N-dealkylation sites (N-methyl/N-ethyl adjacent to an activating group) is 1. The molecule has 2 bridgehead atoms. The van der Waals surface area contributed by atoms with Gasteiger partial charge >= 0.3 is 0 Å². The van der Waals surface area contributed by atoms with Gasteiger partial charge < -0.3 is 24.4 Å². The molecule has 0 radical (unpaired) electrons. The Morgan fingerprint density at radius 1 is 1.48 bits per heavy atom. The summed E-state index contributed by atoms with van der Waals surface area (Å²) in [5.74, 6) is -0.503. The van der Waals surface area contributed by atoms with Gasteiger partial charge in [0.2, 0.25) is 11.8 Å². The highest BCUT2D eigenvalue weighted by Crippen LogP contribution is 2.52. The van der Waals surface area contributed by atoms with Crippen LogP contribution in [0, 0.1) is 11.8 Å². The number of ether oxygens (including phenoxy) is 2. The van der Waals surface area contributed by atoms with Crippen LogP contribution in [0.3, 0.4) is 0 Å². The van der Waals surface area contributed by atoms with Crippen molar-refractivity contribution in [3.05, 3.63) is 42.0 Å². The topological polar surface area (TPSA) is 79.3 Å². The summed E-state index contributed by atoms with van der Waals surface area (Å²) in [6.45, 7) is 1.02. The maximum atomic E-state index is 13.2. The highest BCUT2D eigenvalue weighted by Gasteiger charge is 2.67. The average molecular weight is 372 g/mol.